The molecule has 2 aromatic heterocycles. The SMILES string of the molecule is N#Cc1cc2cc(C(=O)N[C@@H]3C[C@H]4CC[C@@H]3N4)ncn2c1. The molecule has 2 N–H and O–H groups in total. The molecule has 4 heterocycles. The van der Waals surface area contributed by atoms with Gasteiger partial charge in [-0.15, -0.1) is 0 Å². The Bertz CT molecular complexity index is 759. The fraction of sp³-hybridized carbons (Fsp3) is 0.400. The summed E-state index contributed by atoms with van der Waals surface area (Å²) >= 11 is 0. The summed E-state index contributed by atoms with van der Waals surface area (Å²) in [7, 11) is 0. The van der Waals surface area contributed by atoms with Crippen LogP contribution >= 0.6 is 0 Å². The lowest BCUT2D eigenvalue weighted by Gasteiger charge is -2.21. The molecule has 4 rings (SSSR count). The molecule has 2 bridgehead atoms. The van der Waals surface area contributed by atoms with Crippen molar-refractivity contribution in [2.45, 2.75) is 37.4 Å². The van der Waals surface area contributed by atoms with E-state index in [0.717, 1.165) is 18.4 Å². The zero-order valence-electron chi connectivity index (χ0n) is 11.4. The zero-order valence-corrected chi connectivity index (χ0v) is 11.4. The number of nitrogens with zero attached hydrogens (tertiary/aromatic N) is 3. The van der Waals surface area contributed by atoms with E-state index in [0.29, 0.717) is 23.3 Å². The Balaban J connectivity index is 1.55. The summed E-state index contributed by atoms with van der Waals surface area (Å²) in [6, 6.07) is 6.71. The topological polar surface area (TPSA) is 82.2 Å². The Morgan fingerprint density at radius 2 is 2.38 bits per heavy atom. The predicted octanol–water partition coefficient (Wildman–Crippen LogP) is 0.829. The monoisotopic (exact) mass is 281 g/mol. The fourth-order valence-electron chi connectivity index (χ4n) is 3.42. The quantitative estimate of drug-likeness (QED) is 0.854. The highest BCUT2D eigenvalue weighted by atomic mass is 16.2. The average Bonchev–Trinajstić information content (AvgIpc) is 3.20. The summed E-state index contributed by atoms with van der Waals surface area (Å²) < 4.78 is 1.74. The van der Waals surface area contributed by atoms with Crippen LogP contribution in [0.4, 0.5) is 0 Å². The molecule has 21 heavy (non-hydrogen) atoms. The molecule has 0 spiro atoms. The Morgan fingerprint density at radius 3 is 3.10 bits per heavy atom. The molecule has 0 aromatic carbocycles. The second-order valence-electron chi connectivity index (χ2n) is 5.81. The van der Waals surface area contributed by atoms with Gasteiger partial charge in [0.05, 0.1) is 11.1 Å². The standard InChI is InChI=1S/C15H15N5O/c16-6-9-3-11-5-14(17-8-20(11)7-9)15(21)19-13-4-10-1-2-12(13)18-10/h3,5,7-8,10,12-13,18H,1-2,4H2,(H,19,21)/t10-,12+,13-/m1/s1. The Morgan fingerprint density at radius 1 is 1.48 bits per heavy atom. The highest BCUT2D eigenvalue weighted by Gasteiger charge is 2.39. The number of nitrogens with one attached hydrogen (secondary N) is 2. The van der Waals surface area contributed by atoms with E-state index in [1.54, 1.807) is 29.1 Å². The van der Waals surface area contributed by atoms with Gasteiger partial charge in [-0.2, -0.15) is 5.26 Å². The highest BCUT2D eigenvalue weighted by molar-refractivity contribution is 5.93. The first-order chi connectivity index (χ1) is 10.2. The molecular weight excluding hydrogens is 266 g/mol. The minimum Gasteiger partial charge on any atom is -0.346 e. The maximum atomic E-state index is 12.3. The fourth-order valence-corrected chi connectivity index (χ4v) is 3.42. The van der Waals surface area contributed by atoms with E-state index < -0.39 is 0 Å². The Kier molecular flexibility index (Phi) is 2.69. The van der Waals surface area contributed by atoms with Gasteiger partial charge in [-0.1, -0.05) is 0 Å². The van der Waals surface area contributed by atoms with Crippen molar-refractivity contribution < 1.29 is 4.79 Å². The van der Waals surface area contributed by atoms with Crippen LogP contribution in [0.5, 0.6) is 0 Å². The van der Waals surface area contributed by atoms with Crippen LogP contribution in [0.2, 0.25) is 0 Å². The van der Waals surface area contributed by atoms with E-state index in [1.807, 2.05) is 0 Å². The van der Waals surface area contributed by atoms with Crippen molar-refractivity contribution in [1.29, 1.82) is 5.26 Å². The van der Waals surface area contributed by atoms with Crippen molar-refractivity contribution in [3.8, 4) is 6.07 Å². The van der Waals surface area contributed by atoms with Gasteiger partial charge in [0.1, 0.15) is 18.1 Å². The van der Waals surface area contributed by atoms with Crippen LogP contribution in [0.1, 0.15) is 35.3 Å². The van der Waals surface area contributed by atoms with Crippen molar-refractivity contribution in [3.05, 3.63) is 35.9 Å². The minimum atomic E-state index is -0.142. The lowest BCUT2D eigenvalue weighted by atomic mass is 9.95. The number of carbonyl (C=O) groups is 1. The Labute approximate surface area is 121 Å². The first-order valence-corrected chi connectivity index (χ1v) is 7.18. The maximum Gasteiger partial charge on any atom is 0.270 e. The molecule has 0 unspecified atom stereocenters. The molecule has 2 aromatic rings. The van der Waals surface area contributed by atoms with Crippen LogP contribution < -0.4 is 10.6 Å². The van der Waals surface area contributed by atoms with E-state index in [1.165, 1.54) is 6.42 Å². The zero-order chi connectivity index (χ0) is 14.4. The molecule has 106 valence electrons. The summed E-state index contributed by atoms with van der Waals surface area (Å²) in [5.41, 5.74) is 1.76. The van der Waals surface area contributed by atoms with Gasteiger partial charge in [-0.3, -0.25) is 4.79 Å². The number of hydrogen-bond donors (Lipinski definition) is 2. The molecule has 1 amide bonds. The number of nitriles is 1. The number of rotatable bonds is 2. The molecule has 0 aliphatic carbocycles. The van der Waals surface area contributed by atoms with E-state index in [9.17, 15) is 4.79 Å². The molecular formula is C15H15N5O. The summed E-state index contributed by atoms with van der Waals surface area (Å²) in [4.78, 5) is 16.5. The molecule has 2 saturated heterocycles. The molecule has 6 nitrogen and oxygen atoms in total. The van der Waals surface area contributed by atoms with E-state index in [2.05, 4.69) is 21.7 Å². The van der Waals surface area contributed by atoms with Crippen LogP contribution in [-0.2, 0) is 0 Å². The van der Waals surface area contributed by atoms with Crippen molar-refractivity contribution in [2.75, 3.05) is 0 Å². The van der Waals surface area contributed by atoms with Crippen LogP contribution in [-0.4, -0.2) is 33.4 Å². The highest BCUT2D eigenvalue weighted by Crippen LogP contribution is 2.28. The molecule has 3 atom stereocenters. The van der Waals surface area contributed by atoms with Gasteiger partial charge in [0, 0.05) is 24.3 Å². The summed E-state index contributed by atoms with van der Waals surface area (Å²) in [5, 5.41) is 15.5. The number of aromatic nitrogens is 2. The number of carbonyl (C=O) groups excluding carboxylic acids is 1. The van der Waals surface area contributed by atoms with E-state index in [4.69, 9.17) is 5.26 Å². The molecule has 6 heteroatoms. The number of fused-ring (bicyclic) bond motifs is 3. The van der Waals surface area contributed by atoms with Gasteiger partial charge in [0.15, 0.2) is 0 Å². The van der Waals surface area contributed by atoms with Crippen LogP contribution in [0.3, 0.4) is 0 Å². The third-order valence-electron chi connectivity index (χ3n) is 4.46. The first kappa shape index (κ1) is 12.4. The second kappa shape index (κ2) is 4.57. The van der Waals surface area contributed by atoms with Gasteiger partial charge in [0.2, 0.25) is 0 Å². The first-order valence-electron chi connectivity index (χ1n) is 7.18. The smallest absolute Gasteiger partial charge is 0.270 e. The predicted molar refractivity (Wildman–Crippen MR) is 75.7 cm³/mol. The molecule has 0 radical (unpaired) electrons. The summed E-state index contributed by atoms with van der Waals surface area (Å²) in [5.74, 6) is -0.142. The van der Waals surface area contributed by atoms with Crippen molar-refractivity contribution in [1.82, 2.24) is 20.0 Å². The number of amides is 1. The normalized spacial score (nSPS) is 26.9. The van der Waals surface area contributed by atoms with E-state index in [-0.39, 0.29) is 11.9 Å². The number of hydrogen-bond acceptors (Lipinski definition) is 4. The van der Waals surface area contributed by atoms with Crippen LogP contribution in [0.25, 0.3) is 5.52 Å². The summed E-state index contributed by atoms with van der Waals surface area (Å²) in [6.07, 6.45) is 6.62. The van der Waals surface area contributed by atoms with Gasteiger partial charge in [-0.05, 0) is 31.4 Å². The van der Waals surface area contributed by atoms with Gasteiger partial charge in [-0.25, -0.2) is 4.98 Å². The maximum absolute atomic E-state index is 12.3. The minimum absolute atomic E-state index is 0.142. The molecule has 0 saturated carbocycles. The summed E-state index contributed by atoms with van der Waals surface area (Å²) in [6.45, 7) is 0. The second-order valence-corrected chi connectivity index (χ2v) is 5.81. The van der Waals surface area contributed by atoms with Crippen molar-refractivity contribution in [3.63, 3.8) is 0 Å². The van der Waals surface area contributed by atoms with Gasteiger partial charge < -0.3 is 15.0 Å². The van der Waals surface area contributed by atoms with Gasteiger partial charge >= 0.3 is 0 Å². The van der Waals surface area contributed by atoms with E-state index >= 15 is 0 Å². The Hall–Kier alpha value is -2.39. The van der Waals surface area contributed by atoms with Crippen LogP contribution in [0.15, 0.2) is 24.7 Å². The third kappa shape index (κ3) is 2.06. The van der Waals surface area contributed by atoms with Crippen LogP contribution in [0, 0.1) is 11.3 Å². The lowest BCUT2D eigenvalue weighted by molar-refractivity contribution is 0.0926. The van der Waals surface area contributed by atoms with Crippen molar-refractivity contribution >= 4 is 11.4 Å². The molecule has 2 aliphatic heterocycles. The molecule has 2 aliphatic rings. The third-order valence-corrected chi connectivity index (χ3v) is 4.46. The largest absolute Gasteiger partial charge is 0.346 e. The van der Waals surface area contributed by atoms with Crippen molar-refractivity contribution in [2.24, 2.45) is 0 Å². The lowest BCUT2D eigenvalue weighted by Crippen LogP contribution is -2.43. The molecule has 2 fully saturated rings. The average molecular weight is 281 g/mol. The van der Waals surface area contributed by atoms with Gasteiger partial charge in [0.25, 0.3) is 5.91 Å².